The molecule has 12 heteroatoms. The largest absolute Gasteiger partial charge is 0.349 e. The number of hydrogen-bond donors (Lipinski definition) is 4. The Morgan fingerprint density at radius 3 is 1.85 bits per heavy atom. The molecule has 2 atom stereocenters. The monoisotopic (exact) mass is 572 g/mol. The zero-order valence-electron chi connectivity index (χ0n) is 21.2. The van der Waals surface area contributed by atoms with Gasteiger partial charge in [0.1, 0.15) is 0 Å². The Bertz CT molecular complexity index is 1570. The summed E-state index contributed by atoms with van der Waals surface area (Å²) in [5.41, 5.74) is 2.54. The minimum Gasteiger partial charge on any atom is -0.349 e. The Morgan fingerprint density at radius 2 is 1.26 bits per heavy atom. The maximum Gasteiger partial charge on any atom is 0.291 e. The normalized spacial score (nSPS) is 19.4. The van der Waals surface area contributed by atoms with Crippen LogP contribution in [-0.4, -0.2) is 71.3 Å². The molecule has 4 aromatic rings. The highest BCUT2D eigenvalue weighted by Gasteiger charge is 2.21. The second kappa shape index (κ2) is 12.3. The fraction of sp³-hybridized carbons (Fsp3) is 0.407. The maximum atomic E-state index is 12.1. The predicted molar refractivity (Wildman–Crippen MR) is 161 cm³/mol. The van der Waals surface area contributed by atoms with Crippen LogP contribution in [0, 0.1) is 0 Å². The summed E-state index contributed by atoms with van der Waals surface area (Å²) in [5, 5.41) is 7.90. The van der Waals surface area contributed by atoms with E-state index in [1.807, 2.05) is 15.9 Å². The number of anilines is 2. The molecule has 0 bridgehead atoms. The third kappa shape index (κ3) is 6.70. The van der Waals surface area contributed by atoms with Crippen LogP contribution in [0.15, 0.2) is 46.0 Å². The van der Waals surface area contributed by atoms with E-state index in [0.717, 1.165) is 44.8 Å². The molecule has 4 N–H and O–H groups in total. The first kappa shape index (κ1) is 28.8. The molecule has 0 spiro atoms. The summed E-state index contributed by atoms with van der Waals surface area (Å²) < 4.78 is 0. The van der Waals surface area contributed by atoms with E-state index in [2.05, 4.69) is 44.4 Å². The summed E-state index contributed by atoms with van der Waals surface area (Å²) in [5.74, 6) is 0.964. The molecule has 0 saturated carbocycles. The van der Waals surface area contributed by atoms with Crippen LogP contribution in [-0.2, 0) is 0 Å². The van der Waals surface area contributed by atoms with Gasteiger partial charge in [-0.3, -0.25) is 9.59 Å². The molecule has 2 saturated heterocycles. The summed E-state index contributed by atoms with van der Waals surface area (Å²) in [6.07, 6.45) is 0. The first-order valence-electron chi connectivity index (χ1n) is 12.6. The summed E-state index contributed by atoms with van der Waals surface area (Å²) in [4.78, 5) is 42.9. The third-order valence-electron chi connectivity index (χ3n) is 6.61. The highest BCUT2D eigenvalue weighted by atomic mass is 35.5. The van der Waals surface area contributed by atoms with E-state index in [9.17, 15) is 9.59 Å². The van der Waals surface area contributed by atoms with E-state index in [4.69, 9.17) is 23.2 Å². The number of aromatic amines is 2. The number of H-pyrrole nitrogens is 2. The Hall–Kier alpha value is -3.18. The van der Waals surface area contributed by atoms with Crippen molar-refractivity contribution in [2.75, 3.05) is 49.1 Å². The van der Waals surface area contributed by atoms with Crippen LogP contribution in [0.1, 0.15) is 21.3 Å². The van der Waals surface area contributed by atoms with Crippen LogP contribution in [0.25, 0.3) is 22.1 Å². The number of halogens is 2. The molecular weight excluding hydrogens is 539 g/mol. The van der Waals surface area contributed by atoms with Crippen molar-refractivity contribution in [3.8, 4) is 0 Å². The zero-order chi connectivity index (χ0) is 26.8. The van der Waals surface area contributed by atoms with Crippen molar-refractivity contribution in [1.29, 1.82) is 0 Å². The number of piperazine rings is 2. The first-order chi connectivity index (χ1) is 18.3. The van der Waals surface area contributed by atoms with Gasteiger partial charge in [-0.15, -0.1) is 0 Å². The van der Waals surface area contributed by atoms with Crippen molar-refractivity contribution in [2.45, 2.75) is 33.4 Å². The predicted octanol–water partition coefficient (Wildman–Crippen LogP) is 3.39. The van der Waals surface area contributed by atoms with E-state index >= 15 is 0 Å². The van der Waals surface area contributed by atoms with Crippen LogP contribution in [0.4, 0.5) is 11.6 Å². The van der Waals surface area contributed by atoms with Crippen molar-refractivity contribution in [3.63, 3.8) is 0 Å². The van der Waals surface area contributed by atoms with Gasteiger partial charge in [-0.1, -0.05) is 30.6 Å². The van der Waals surface area contributed by atoms with E-state index in [1.165, 1.54) is 0 Å². The summed E-state index contributed by atoms with van der Waals surface area (Å²) in [6.45, 7) is 9.06. The molecule has 2 aliphatic heterocycles. The Balaban J connectivity index is 0.000000176. The number of rotatable bonds is 2. The highest BCUT2D eigenvalue weighted by molar-refractivity contribution is 6.31. The second-order valence-corrected chi connectivity index (χ2v) is 10.6. The smallest absolute Gasteiger partial charge is 0.291 e. The molecule has 39 heavy (non-hydrogen) atoms. The first-order valence-corrected chi connectivity index (χ1v) is 13.4. The highest BCUT2D eigenvalue weighted by Crippen LogP contribution is 2.19. The van der Waals surface area contributed by atoms with Gasteiger partial charge < -0.3 is 30.4 Å². The number of aromatic nitrogens is 4. The van der Waals surface area contributed by atoms with Gasteiger partial charge in [-0.05, 0) is 50.2 Å². The fourth-order valence-corrected chi connectivity index (χ4v) is 5.11. The van der Waals surface area contributed by atoms with Crippen LogP contribution in [0.2, 0.25) is 10.0 Å². The Morgan fingerprint density at radius 1 is 0.744 bits per heavy atom. The lowest BCUT2D eigenvalue weighted by Gasteiger charge is -2.32. The van der Waals surface area contributed by atoms with E-state index in [1.54, 1.807) is 30.3 Å². The van der Waals surface area contributed by atoms with Crippen molar-refractivity contribution >= 4 is 56.9 Å². The minimum absolute atomic E-state index is 0. The topological polar surface area (TPSA) is 122 Å². The molecule has 0 radical (unpaired) electrons. The molecule has 4 heterocycles. The molecule has 2 aromatic heterocycles. The number of nitrogens with one attached hydrogen (secondary N) is 4. The molecule has 2 fully saturated rings. The molecule has 2 aliphatic rings. The van der Waals surface area contributed by atoms with Crippen molar-refractivity contribution in [1.82, 2.24) is 30.6 Å². The van der Waals surface area contributed by atoms with Gasteiger partial charge in [0.25, 0.3) is 11.1 Å². The van der Waals surface area contributed by atoms with Gasteiger partial charge >= 0.3 is 0 Å². The molecule has 208 valence electrons. The van der Waals surface area contributed by atoms with E-state index in [-0.39, 0.29) is 18.5 Å². The van der Waals surface area contributed by atoms with Crippen molar-refractivity contribution in [2.24, 2.45) is 0 Å². The van der Waals surface area contributed by atoms with E-state index < -0.39 is 0 Å². The van der Waals surface area contributed by atoms with Crippen molar-refractivity contribution < 1.29 is 0 Å². The number of fused-ring (bicyclic) bond motifs is 2. The zero-order valence-corrected chi connectivity index (χ0v) is 22.7. The second-order valence-electron chi connectivity index (χ2n) is 9.70. The molecule has 2 unspecified atom stereocenters. The van der Waals surface area contributed by atoms with Gasteiger partial charge in [0.15, 0.2) is 11.6 Å². The maximum absolute atomic E-state index is 12.1. The third-order valence-corrected chi connectivity index (χ3v) is 7.08. The van der Waals surface area contributed by atoms with Gasteiger partial charge in [0.2, 0.25) is 0 Å². The standard InChI is InChI=1S/2C13H15ClN4O.CH4/c1-8-7-18(5-4-15-8)12-13(19)17-10-3-2-9(14)6-11(10)16-12;1-8-7-18(5-4-15-8)12-13(19)17-11-6-9(14)2-3-10(11)16-12;/h2*2-3,6,8,15H,4-5,7H2,1H3,(H,17,19);1H4. The molecule has 2 aromatic carbocycles. The number of hydrogen-bond acceptors (Lipinski definition) is 8. The minimum atomic E-state index is -0.163. The molecular formula is C27H34Cl2N8O2. The average Bonchev–Trinajstić information content (AvgIpc) is 2.88. The van der Waals surface area contributed by atoms with Crippen LogP contribution in [0.3, 0.4) is 0 Å². The van der Waals surface area contributed by atoms with Crippen LogP contribution < -0.4 is 31.6 Å². The van der Waals surface area contributed by atoms with Crippen LogP contribution >= 0.6 is 23.2 Å². The molecule has 6 rings (SSSR count). The van der Waals surface area contributed by atoms with Crippen molar-refractivity contribution in [3.05, 3.63) is 67.2 Å². The number of benzene rings is 2. The quantitative estimate of drug-likeness (QED) is 0.288. The fourth-order valence-electron chi connectivity index (χ4n) is 4.77. The van der Waals surface area contributed by atoms with Crippen LogP contribution in [0.5, 0.6) is 0 Å². The lowest BCUT2D eigenvalue weighted by molar-refractivity contribution is 0.481. The number of nitrogens with zero attached hydrogens (tertiary/aromatic N) is 4. The van der Waals surface area contributed by atoms with E-state index in [0.29, 0.717) is 50.3 Å². The summed E-state index contributed by atoms with van der Waals surface area (Å²) in [6, 6.07) is 11.3. The van der Waals surface area contributed by atoms with Gasteiger partial charge in [-0.2, -0.15) is 0 Å². The van der Waals surface area contributed by atoms with Gasteiger partial charge in [-0.25, -0.2) is 9.97 Å². The van der Waals surface area contributed by atoms with Gasteiger partial charge in [0, 0.05) is 61.4 Å². The average molecular weight is 574 g/mol. The summed E-state index contributed by atoms with van der Waals surface area (Å²) in [7, 11) is 0. The molecule has 0 amide bonds. The molecule has 10 nitrogen and oxygen atoms in total. The Labute approximate surface area is 236 Å². The van der Waals surface area contributed by atoms with Gasteiger partial charge in [0.05, 0.1) is 22.1 Å². The Kier molecular flexibility index (Phi) is 9.12. The molecule has 0 aliphatic carbocycles. The lowest BCUT2D eigenvalue weighted by Crippen LogP contribution is -2.50. The lowest BCUT2D eigenvalue weighted by atomic mass is 10.2. The summed E-state index contributed by atoms with van der Waals surface area (Å²) >= 11 is 11.9. The SMILES string of the molecule is C.CC1CN(c2nc3cc(Cl)ccc3[nH]c2=O)CCN1.CC1CN(c2nc3ccc(Cl)cc3[nH]c2=O)CCN1.